The summed E-state index contributed by atoms with van der Waals surface area (Å²) in [6.07, 6.45) is 5.97. The molecule has 1 aliphatic heterocycles. The van der Waals surface area contributed by atoms with Gasteiger partial charge in [0.15, 0.2) is 0 Å². The van der Waals surface area contributed by atoms with Crippen LogP contribution in [-0.4, -0.2) is 15.0 Å². The molecule has 0 fully saturated rings. The summed E-state index contributed by atoms with van der Waals surface area (Å²) in [6.45, 7) is 0. The van der Waals surface area contributed by atoms with Crippen molar-refractivity contribution >= 4 is 0 Å². The van der Waals surface area contributed by atoms with E-state index in [1.165, 1.54) is 12.5 Å². The molecule has 2 aromatic rings. The Kier molecular flexibility index (Phi) is 2.07. The molecule has 3 rings (SSSR count). The van der Waals surface area contributed by atoms with Gasteiger partial charge in [0.1, 0.15) is 12.5 Å². The fourth-order valence-corrected chi connectivity index (χ4v) is 1.54. The Bertz CT molecular complexity index is 500. The van der Waals surface area contributed by atoms with E-state index in [9.17, 15) is 0 Å². The fourth-order valence-electron chi connectivity index (χ4n) is 1.54. The fraction of sp³-hybridized carbons (Fsp3) is 0.0909. The zero-order valence-electron chi connectivity index (χ0n) is 8.35. The van der Waals surface area contributed by atoms with Gasteiger partial charge in [-0.05, 0) is 12.1 Å². The van der Waals surface area contributed by atoms with Crippen LogP contribution in [0, 0.1) is 0 Å². The van der Waals surface area contributed by atoms with Crippen LogP contribution >= 0.6 is 0 Å². The average Bonchev–Trinajstić information content (AvgIpc) is 3.03. The molecule has 80 valence electrons. The van der Waals surface area contributed by atoms with Crippen LogP contribution in [0.4, 0.5) is 0 Å². The minimum atomic E-state index is -0.365. The van der Waals surface area contributed by atoms with E-state index in [4.69, 9.17) is 9.47 Å². The molecule has 0 saturated heterocycles. The van der Waals surface area contributed by atoms with Gasteiger partial charge in [-0.2, -0.15) is 15.0 Å². The lowest BCUT2D eigenvalue weighted by molar-refractivity contribution is -0.0246. The molecule has 1 aliphatic rings. The lowest BCUT2D eigenvalue weighted by Gasteiger charge is -2.11. The van der Waals surface area contributed by atoms with Crippen molar-refractivity contribution in [2.75, 3.05) is 0 Å². The first-order valence-electron chi connectivity index (χ1n) is 4.86. The second-order valence-corrected chi connectivity index (χ2v) is 3.29. The monoisotopic (exact) mass is 215 g/mol. The van der Waals surface area contributed by atoms with Crippen molar-refractivity contribution in [2.24, 2.45) is 0 Å². The third-order valence-electron chi connectivity index (χ3n) is 2.25. The molecule has 0 saturated carbocycles. The van der Waals surface area contributed by atoms with Gasteiger partial charge in [0.05, 0.1) is 18.1 Å². The van der Waals surface area contributed by atoms with E-state index in [0.717, 1.165) is 11.3 Å². The maximum absolute atomic E-state index is 5.26. The minimum absolute atomic E-state index is 0.365. The van der Waals surface area contributed by atoms with Crippen molar-refractivity contribution in [2.45, 2.75) is 6.29 Å². The van der Waals surface area contributed by atoms with Gasteiger partial charge in [-0.15, -0.1) is 0 Å². The molecule has 16 heavy (non-hydrogen) atoms. The van der Waals surface area contributed by atoms with Crippen molar-refractivity contribution in [3.8, 4) is 5.69 Å². The Hall–Kier alpha value is -2.30. The standard InChI is InChI=1S/C11H9N3O2/c1-2-9(11-15-6-7-16-11)8-10(3-1)14-12-4-5-13-14/h1-8,11H. The average molecular weight is 215 g/mol. The highest BCUT2D eigenvalue weighted by atomic mass is 16.7. The predicted octanol–water partition coefficient (Wildman–Crippen LogP) is 1.78. The highest BCUT2D eigenvalue weighted by molar-refractivity contribution is 5.34. The molecule has 1 aromatic heterocycles. The van der Waals surface area contributed by atoms with Gasteiger partial charge in [-0.1, -0.05) is 12.1 Å². The largest absolute Gasteiger partial charge is 0.455 e. The van der Waals surface area contributed by atoms with Gasteiger partial charge in [-0.25, -0.2) is 0 Å². The summed E-state index contributed by atoms with van der Waals surface area (Å²) in [5, 5.41) is 8.13. The molecular formula is C11H9N3O2. The minimum Gasteiger partial charge on any atom is -0.455 e. The van der Waals surface area contributed by atoms with E-state index < -0.39 is 0 Å². The smallest absolute Gasteiger partial charge is 0.266 e. The van der Waals surface area contributed by atoms with E-state index in [-0.39, 0.29) is 6.29 Å². The SMILES string of the molecule is C1=COC(c2cccc(-n3nccn3)c2)O1. The second kappa shape index (κ2) is 3.69. The topological polar surface area (TPSA) is 49.2 Å². The van der Waals surface area contributed by atoms with Crippen LogP contribution in [0.5, 0.6) is 0 Å². The highest BCUT2D eigenvalue weighted by Crippen LogP contribution is 2.24. The Labute approximate surface area is 91.9 Å². The van der Waals surface area contributed by atoms with Gasteiger partial charge < -0.3 is 9.47 Å². The van der Waals surface area contributed by atoms with Crippen LogP contribution in [0.25, 0.3) is 5.69 Å². The Balaban J connectivity index is 1.94. The van der Waals surface area contributed by atoms with E-state index in [1.54, 1.807) is 17.2 Å². The van der Waals surface area contributed by atoms with Gasteiger partial charge in [0.2, 0.25) is 0 Å². The number of hydrogen-bond donors (Lipinski definition) is 0. The molecule has 0 radical (unpaired) electrons. The van der Waals surface area contributed by atoms with Gasteiger partial charge in [0, 0.05) is 5.56 Å². The molecule has 0 bridgehead atoms. The van der Waals surface area contributed by atoms with Crippen molar-refractivity contribution < 1.29 is 9.47 Å². The van der Waals surface area contributed by atoms with Crippen LogP contribution in [0.1, 0.15) is 11.9 Å². The van der Waals surface area contributed by atoms with Gasteiger partial charge in [0.25, 0.3) is 6.29 Å². The second-order valence-electron chi connectivity index (χ2n) is 3.29. The van der Waals surface area contributed by atoms with E-state index in [2.05, 4.69) is 10.2 Å². The number of rotatable bonds is 2. The number of hydrogen-bond acceptors (Lipinski definition) is 4. The molecule has 0 spiro atoms. The summed E-state index contributed by atoms with van der Waals surface area (Å²) in [6, 6.07) is 7.70. The van der Waals surface area contributed by atoms with Crippen molar-refractivity contribution in [1.82, 2.24) is 15.0 Å². The number of ether oxygens (including phenoxy) is 2. The summed E-state index contributed by atoms with van der Waals surface area (Å²) in [5.41, 5.74) is 1.81. The van der Waals surface area contributed by atoms with Gasteiger partial charge >= 0.3 is 0 Å². The zero-order valence-corrected chi connectivity index (χ0v) is 8.35. The number of aromatic nitrogens is 3. The molecular weight excluding hydrogens is 206 g/mol. The Morgan fingerprint density at radius 2 is 1.81 bits per heavy atom. The highest BCUT2D eigenvalue weighted by Gasteiger charge is 2.15. The molecule has 0 amide bonds. The third kappa shape index (κ3) is 1.52. The Morgan fingerprint density at radius 1 is 1.06 bits per heavy atom. The van der Waals surface area contributed by atoms with Crippen LogP contribution in [0.2, 0.25) is 0 Å². The Morgan fingerprint density at radius 3 is 2.56 bits per heavy atom. The summed E-state index contributed by atoms with van der Waals surface area (Å²) in [5.74, 6) is 0. The number of benzene rings is 1. The summed E-state index contributed by atoms with van der Waals surface area (Å²) < 4.78 is 10.5. The van der Waals surface area contributed by atoms with E-state index in [1.807, 2.05) is 24.3 Å². The summed E-state index contributed by atoms with van der Waals surface area (Å²) in [7, 11) is 0. The normalized spacial score (nSPS) is 14.8. The van der Waals surface area contributed by atoms with Crippen LogP contribution in [0.15, 0.2) is 49.2 Å². The first-order chi connectivity index (χ1) is 7.93. The third-order valence-corrected chi connectivity index (χ3v) is 2.25. The van der Waals surface area contributed by atoms with E-state index >= 15 is 0 Å². The first-order valence-corrected chi connectivity index (χ1v) is 4.86. The summed E-state index contributed by atoms with van der Waals surface area (Å²) in [4.78, 5) is 1.55. The molecule has 0 atom stereocenters. The lowest BCUT2D eigenvalue weighted by Crippen LogP contribution is -2.02. The molecule has 0 aliphatic carbocycles. The number of nitrogens with zero attached hydrogens (tertiary/aromatic N) is 3. The van der Waals surface area contributed by atoms with Crippen molar-refractivity contribution in [3.05, 3.63) is 54.7 Å². The lowest BCUT2D eigenvalue weighted by atomic mass is 10.2. The van der Waals surface area contributed by atoms with Crippen LogP contribution in [0.3, 0.4) is 0 Å². The van der Waals surface area contributed by atoms with Gasteiger partial charge in [-0.3, -0.25) is 0 Å². The van der Waals surface area contributed by atoms with Crippen molar-refractivity contribution in [1.29, 1.82) is 0 Å². The van der Waals surface area contributed by atoms with Crippen LogP contribution in [-0.2, 0) is 9.47 Å². The van der Waals surface area contributed by atoms with E-state index in [0.29, 0.717) is 0 Å². The predicted molar refractivity (Wildman–Crippen MR) is 55.4 cm³/mol. The zero-order chi connectivity index (χ0) is 10.8. The van der Waals surface area contributed by atoms with Crippen molar-refractivity contribution in [3.63, 3.8) is 0 Å². The quantitative estimate of drug-likeness (QED) is 0.766. The maximum Gasteiger partial charge on any atom is 0.266 e. The maximum atomic E-state index is 5.26. The molecule has 2 heterocycles. The molecule has 5 nitrogen and oxygen atoms in total. The van der Waals surface area contributed by atoms with Crippen LogP contribution < -0.4 is 0 Å². The summed E-state index contributed by atoms with van der Waals surface area (Å²) >= 11 is 0. The molecule has 0 unspecified atom stereocenters. The molecule has 0 N–H and O–H groups in total. The first kappa shape index (κ1) is 8.96. The molecule has 5 heteroatoms. The molecule has 1 aromatic carbocycles.